The molecule has 1 aromatic heterocycles. The Balaban J connectivity index is 2.12. The predicted molar refractivity (Wildman–Crippen MR) is 101 cm³/mol. The Morgan fingerprint density at radius 2 is 1.85 bits per heavy atom. The Labute approximate surface area is 161 Å². The molecule has 4 N–H and O–H groups in total. The second-order valence-corrected chi connectivity index (χ2v) is 7.26. The Kier molecular flexibility index (Phi) is 5.96. The van der Waals surface area contributed by atoms with Gasteiger partial charge in [0.15, 0.2) is 6.23 Å². The number of anilines is 1. The van der Waals surface area contributed by atoms with Gasteiger partial charge < -0.3 is 25.4 Å². The number of ether oxygens (including phenoxy) is 1. The normalized spacial score (nSPS) is 26.2. The molecule has 144 valence electrons. The Morgan fingerprint density at radius 3 is 2.42 bits per heavy atom. The molecule has 0 spiro atoms. The zero-order valence-electron chi connectivity index (χ0n) is 14.6. The number of aliphatic hydroxyl groups is 3. The van der Waals surface area contributed by atoms with Crippen molar-refractivity contribution < 1.29 is 20.1 Å². The molecule has 2 aromatic rings. The SMILES string of the molecule is CCC(CC)Nc1nc2cc(Cl)c(Cl)cc2n1[C@@H]1O[C@H](CO)[C@@H](O)[C@H]1O. The highest BCUT2D eigenvalue weighted by Crippen LogP contribution is 2.37. The third-order valence-electron chi connectivity index (χ3n) is 4.82. The highest BCUT2D eigenvalue weighted by Gasteiger charge is 2.44. The van der Waals surface area contributed by atoms with Crippen LogP contribution in [0.15, 0.2) is 12.1 Å². The molecule has 26 heavy (non-hydrogen) atoms. The molecule has 1 aromatic carbocycles. The van der Waals surface area contributed by atoms with Gasteiger partial charge in [0, 0.05) is 6.04 Å². The lowest BCUT2D eigenvalue weighted by Crippen LogP contribution is -2.33. The lowest BCUT2D eigenvalue weighted by atomic mass is 10.1. The van der Waals surface area contributed by atoms with Crippen molar-refractivity contribution in [1.82, 2.24) is 9.55 Å². The minimum absolute atomic E-state index is 0.175. The smallest absolute Gasteiger partial charge is 0.206 e. The van der Waals surface area contributed by atoms with Crippen LogP contribution in [0, 0.1) is 0 Å². The van der Waals surface area contributed by atoms with Gasteiger partial charge in [-0.25, -0.2) is 4.98 Å². The topological polar surface area (TPSA) is 99.8 Å². The van der Waals surface area contributed by atoms with E-state index in [0.29, 0.717) is 27.0 Å². The van der Waals surface area contributed by atoms with E-state index >= 15 is 0 Å². The number of aromatic nitrogens is 2. The van der Waals surface area contributed by atoms with Gasteiger partial charge in [-0.3, -0.25) is 4.57 Å². The van der Waals surface area contributed by atoms with Crippen LogP contribution in [-0.2, 0) is 4.74 Å². The number of halogens is 2. The van der Waals surface area contributed by atoms with Crippen LogP contribution in [0.4, 0.5) is 5.95 Å². The van der Waals surface area contributed by atoms with E-state index in [1.165, 1.54) is 0 Å². The molecular weight excluding hydrogens is 381 g/mol. The van der Waals surface area contributed by atoms with Crippen LogP contribution in [0.2, 0.25) is 10.0 Å². The highest BCUT2D eigenvalue weighted by molar-refractivity contribution is 6.42. The van der Waals surface area contributed by atoms with E-state index in [2.05, 4.69) is 24.1 Å². The van der Waals surface area contributed by atoms with Gasteiger partial charge in [-0.05, 0) is 25.0 Å². The van der Waals surface area contributed by atoms with Crippen molar-refractivity contribution in [2.75, 3.05) is 11.9 Å². The summed E-state index contributed by atoms with van der Waals surface area (Å²) in [6, 6.07) is 3.47. The predicted octanol–water partition coefficient (Wildman–Crippen LogP) is 2.56. The van der Waals surface area contributed by atoms with E-state index in [1.807, 2.05) is 0 Å². The van der Waals surface area contributed by atoms with E-state index in [1.54, 1.807) is 16.7 Å². The monoisotopic (exact) mass is 403 g/mol. The van der Waals surface area contributed by atoms with Gasteiger partial charge in [0.05, 0.1) is 27.7 Å². The molecule has 1 aliphatic rings. The zero-order chi connectivity index (χ0) is 19.0. The van der Waals surface area contributed by atoms with E-state index in [0.717, 1.165) is 12.8 Å². The zero-order valence-corrected chi connectivity index (χ0v) is 16.1. The first-order valence-electron chi connectivity index (χ1n) is 8.67. The van der Waals surface area contributed by atoms with Crippen LogP contribution in [-0.4, -0.2) is 55.8 Å². The Morgan fingerprint density at radius 1 is 1.19 bits per heavy atom. The summed E-state index contributed by atoms with van der Waals surface area (Å²) < 4.78 is 7.37. The van der Waals surface area contributed by atoms with Crippen molar-refractivity contribution in [2.24, 2.45) is 0 Å². The fourth-order valence-electron chi connectivity index (χ4n) is 3.22. The molecule has 9 heteroatoms. The van der Waals surface area contributed by atoms with Crippen molar-refractivity contribution >= 4 is 40.2 Å². The van der Waals surface area contributed by atoms with Crippen LogP contribution in [0.1, 0.15) is 32.9 Å². The van der Waals surface area contributed by atoms with Gasteiger partial charge in [0.1, 0.15) is 18.3 Å². The van der Waals surface area contributed by atoms with Gasteiger partial charge in [-0.2, -0.15) is 0 Å². The second-order valence-electron chi connectivity index (χ2n) is 6.45. The maximum absolute atomic E-state index is 10.5. The fraction of sp³-hybridized carbons (Fsp3) is 0.588. The summed E-state index contributed by atoms with van der Waals surface area (Å²) in [5.74, 6) is 0.488. The molecule has 0 bridgehead atoms. The summed E-state index contributed by atoms with van der Waals surface area (Å²) >= 11 is 12.3. The van der Waals surface area contributed by atoms with Crippen LogP contribution in [0.25, 0.3) is 11.0 Å². The minimum atomic E-state index is -1.22. The number of benzene rings is 1. The number of hydrogen-bond donors (Lipinski definition) is 4. The molecular formula is C17H23Cl2N3O4. The number of aliphatic hydroxyl groups excluding tert-OH is 3. The number of fused-ring (bicyclic) bond motifs is 1. The molecule has 1 fully saturated rings. The first-order chi connectivity index (χ1) is 12.4. The van der Waals surface area contributed by atoms with Crippen molar-refractivity contribution in [3.8, 4) is 0 Å². The standard InChI is InChI=1S/C17H23Cl2N3O4/c1-3-8(4-2)20-17-21-11-5-9(18)10(19)6-12(11)22(17)16-15(25)14(24)13(7-23)26-16/h5-6,8,13-16,23-25H,3-4,7H2,1-2H3,(H,20,21)/t13-,14-,15-,16-/m1/s1. The largest absolute Gasteiger partial charge is 0.394 e. The van der Waals surface area contributed by atoms with Gasteiger partial charge in [-0.15, -0.1) is 0 Å². The maximum atomic E-state index is 10.5. The summed E-state index contributed by atoms with van der Waals surface area (Å²) in [4.78, 5) is 4.58. The fourth-order valence-corrected chi connectivity index (χ4v) is 3.53. The summed E-state index contributed by atoms with van der Waals surface area (Å²) in [5.41, 5.74) is 1.20. The average molecular weight is 404 g/mol. The van der Waals surface area contributed by atoms with Crippen molar-refractivity contribution in [3.63, 3.8) is 0 Å². The molecule has 0 radical (unpaired) electrons. The molecule has 0 aliphatic carbocycles. The lowest BCUT2D eigenvalue weighted by molar-refractivity contribution is -0.0499. The number of hydrogen-bond acceptors (Lipinski definition) is 6. The second kappa shape index (κ2) is 7.88. The van der Waals surface area contributed by atoms with E-state index in [-0.39, 0.29) is 6.04 Å². The van der Waals surface area contributed by atoms with Crippen molar-refractivity contribution in [2.45, 2.75) is 57.3 Å². The molecule has 4 atom stereocenters. The summed E-state index contributed by atoms with van der Waals surface area (Å²) in [7, 11) is 0. The van der Waals surface area contributed by atoms with Crippen LogP contribution < -0.4 is 5.32 Å². The van der Waals surface area contributed by atoms with Crippen LogP contribution in [0.3, 0.4) is 0 Å². The van der Waals surface area contributed by atoms with Crippen LogP contribution in [0.5, 0.6) is 0 Å². The average Bonchev–Trinajstić information content (AvgIpc) is 3.10. The molecule has 0 unspecified atom stereocenters. The molecule has 2 heterocycles. The van der Waals surface area contributed by atoms with Gasteiger partial charge >= 0.3 is 0 Å². The van der Waals surface area contributed by atoms with Gasteiger partial charge in [0.25, 0.3) is 0 Å². The third kappa shape index (κ3) is 3.40. The molecule has 7 nitrogen and oxygen atoms in total. The highest BCUT2D eigenvalue weighted by atomic mass is 35.5. The minimum Gasteiger partial charge on any atom is -0.394 e. The number of imidazole rings is 1. The van der Waals surface area contributed by atoms with E-state index < -0.39 is 31.1 Å². The quantitative estimate of drug-likeness (QED) is 0.591. The van der Waals surface area contributed by atoms with Crippen molar-refractivity contribution in [3.05, 3.63) is 22.2 Å². The summed E-state index contributed by atoms with van der Waals surface area (Å²) in [6.45, 7) is 3.73. The maximum Gasteiger partial charge on any atom is 0.206 e. The summed E-state index contributed by atoms with van der Waals surface area (Å²) in [6.07, 6.45) is -2.45. The molecule has 1 saturated heterocycles. The lowest BCUT2D eigenvalue weighted by Gasteiger charge is -2.22. The third-order valence-corrected chi connectivity index (χ3v) is 5.54. The molecule has 1 aliphatic heterocycles. The van der Waals surface area contributed by atoms with Crippen LogP contribution >= 0.6 is 23.2 Å². The summed E-state index contributed by atoms with van der Waals surface area (Å²) in [5, 5.41) is 34.0. The number of rotatable bonds is 6. The first-order valence-corrected chi connectivity index (χ1v) is 9.42. The first kappa shape index (κ1) is 19.7. The molecule has 0 amide bonds. The van der Waals surface area contributed by atoms with E-state index in [9.17, 15) is 15.3 Å². The number of nitrogens with zero attached hydrogens (tertiary/aromatic N) is 2. The Hall–Kier alpha value is -1.09. The molecule has 3 rings (SSSR count). The van der Waals surface area contributed by atoms with E-state index in [4.69, 9.17) is 27.9 Å². The van der Waals surface area contributed by atoms with Crippen molar-refractivity contribution in [1.29, 1.82) is 0 Å². The molecule has 0 saturated carbocycles. The van der Waals surface area contributed by atoms with Gasteiger partial charge in [0.2, 0.25) is 5.95 Å². The number of nitrogens with one attached hydrogen (secondary N) is 1. The van der Waals surface area contributed by atoms with Gasteiger partial charge in [-0.1, -0.05) is 37.0 Å². The Bertz CT molecular complexity index is 781.